The van der Waals surface area contributed by atoms with Crippen molar-refractivity contribution in [2.45, 2.75) is 13.8 Å². The highest BCUT2D eigenvalue weighted by atomic mass is 19.1. The van der Waals surface area contributed by atoms with Gasteiger partial charge in [-0.25, -0.2) is 4.39 Å². The Morgan fingerprint density at radius 2 is 1.89 bits per heavy atom. The highest BCUT2D eigenvalue weighted by Crippen LogP contribution is 2.24. The van der Waals surface area contributed by atoms with Gasteiger partial charge in [0.1, 0.15) is 11.6 Å². The van der Waals surface area contributed by atoms with Crippen LogP contribution in [-0.2, 0) is 0 Å². The highest BCUT2D eigenvalue weighted by molar-refractivity contribution is 6.11. The lowest BCUT2D eigenvalue weighted by Crippen LogP contribution is -2.07. The van der Waals surface area contributed by atoms with Crippen molar-refractivity contribution in [3.05, 3.63) is 65.0 Å². The van der Waals surface area contributed by atoms with E-state index in [4.69, 9.17) is 4.74 Å². The van der Waals surface area contributed by atoms with Gasteiger partial charge in [0.05, 0.1) is 17.7 Å². The average molecular weight is 258 g/mol. The minimum absolute atomic E-state index is 0.0639. The first kappa shape index (κ1) is 13.3. The molecule has 0 heterocycles. The average Bonchev–Trinajstić information content (AvgIpc) is 2.41. The molecule has 0 N–H and O–H groups in total. The molecule has 3 heteroatoms. The molecule has 19 heavy (non-hydrogen) atoms. The number of hydrogen-bond acceptors (Lipinski definition) is 2. The number of halogens is 1. The van der Waals surface area contributed by atoms with Crippen molar-refractivity contribution in [3.63, 3.8) is 0 Å². The third-order valence-electron chi connectivity index (χ3n) is 2.80. The molecule has 0 aliphatic rings. The summed E-state index contributed by atoms with van der Waals surface area (Å²) < 4.78 is 19.1. The van der Waals surface area contributed by atoms with Gasteiger partial charge in [0.15, 0.2) is 5.78 Å². The summed E-state index contributed by atoms with van der Waals surface area (Å²) in [6.07, 6.45) is 0. The molecule has 0 aliphatic heterocycles. The van der Waals surface area contributed by atoms with Crippen LogP contribution in [0.5, 0.6) is 5.75 Å². The molecule has 0 unspecified atom stereocenters. The van der Waals surface area contributed by atoms with Crippen molar-refractivity contribution in [1.82, 2.24) is 0 Å². The topological polar surface area (TPSA) is 26.3 Å². The number of hydrogen-bond donors (Lipinski definition) is 0. The maximum atomic E-state index is 13.7. The lowest BCUT2D eigenvalue weighted by Gasteiger charge is -2.10. The van der Waals surface area contributed by atoms with Gasteiger partial charge in [0, 0.05) is 0 Å². The minimum Gasteiger partial charge on any atom is -0.493 e. The molecule has 0 amide bonds. The Hall–Kier alpha value is -2.16. The van der Waals surface area contributed by atoms with Crippen molar-refractivity contribution in [2.24, 2.45) is 0 Å². The summed E-state index contributed by atoms with van der Waals surface area (Å²) in [4.78, 5) is 12.4. The van der Waals surface area contributed by atoms with Crippen molar-refractivity contribution in [3.8, 4) is 5.75 Å². The number of benzene rings is 2. The molecule has 0 saturated carbocycles. The fourth-order valence-corrected chi connectivity index (χ4v) is 1.89. The van der Waals surface area contributed by atoms with E-state index in [1.54, 1.807) is 24.3 Å². The number of aryl methyl sites for hydroxylation is 1. The largest absolute Gasteiger partial charge is 0.493 e. The van der Waals surface area contributed by atoms with E-state index in [9.17, 15) is 9.18 Å². The second kappa shape index (κ2) is 5.65. The van der Waals surface area contributed by atoms with Crippen molar-refractivity contribution in [2.75, 3.05) is 6.61 Å². The van der Waals surface area contributed by atoms with E-state index < -0.39 is 5.82 Å². The fraction of sp³-hybridized carbons (Fsp3) is 0.188. The van der Waals surface area contributed by atoms with E-state index in [-0.39, 0.29) is 11.3 Å². The van der Waals surface area contributed by atoms with E-state index in [2.05, 4.69) is 0 Å². The molecule has 2 rings (SSSR count). The predicted molar refractivity (Wildman–Crippen MR) is 72.2 cm³/mol. The molecule has 0 aromatic heterocycles. The van der Waals surface area contributed by atoms with E-state index >= 15 is 0 Å². The number of carbonyl (C=O) groups excluding carboxylic acids is 1. The molecule has 0 fully saturated rings. The van der Waals surface area contributed by atoms with Gasteiger partial charge in [-0.3, -0.25) is 4.79 Å². The molecule has 2 nitrogen and oxygen atoms in total. The SMILES string of the molecule is CCOc1ccc(C)cc1C(=O)c1ccccc1F. The zero-order chi connectivity index (χ0) is 13.8. The number of ketones is 1. The second-order valence-corrected chi connectivity index (χ2v) is 4.24. The molecule has 0 aliphatic carbocycles. The number of rotatable bonds is 4. The zero-order valence-electron chi connectivity index (χ0n) is 10.9. The lowest BCUT2D eigenvalue weighted by atomic mass is 10.0. The van der Waals surface area contributed by atoms with Crippen LogP contribution >= 0.6 is 0 Å². The number of carbonyl (C=O) groups is 1. The van der Waals surface area contributed by atoms with Gasteiger partial charge in [0.2, 0.25) is 0 Å². The van der Waals surface area contributed by atoms with Crippen LogP contribution in [-0.4, -0.2) is 12.4 Å². The molecule has 0 radical (unpaired) electrons. The maximum Gasteiger partial charge on any atom is 0.199 e. The Balaban J connectivity index is 2.49. The summed E-state index contributed by atoms with van der Waals surface area (Å²) in [6.45, 7) is 4.19. The molecule has 0 spiro atoms. The van der Waals surface area contributed by atoms with Crippen LogP contribution < -0.4 is 4.74 Å². The smallest absolute Gasteiger partial charge is 0.199 e. The van der Waals surface area contributed by atoms with Gasteiger partial charge in [-0.15, -0.1) is 0 Å². The summed E-state index contributed by atoms with van der Waals surface area (Å²) >= 11 is 0. The lowest BCUT2D eigenvalue weighted by molar-refractivity contribution is 0.103. The maximum absolute atomic E-state index is 13.7. The van der Waals surface area contributed by atoms with Crippen molar-refractivity contribution >= 4 is 5.78 Å². The van der Waals surface area contributed by atoms with Crippen molar-refractivity contribution in [1.29, 1.82) is 0 Å². The van der Waals surface area contributed by atoms with E-state index in [1.165, 1.54) is 12.1 Å². The van der Waals surface area contributed by atoms with Gasteiger partial charge in [-0.2, -0.15) is 0 Å². The van der Waals surface area contributed by atoms with Crippen LogP contribution in [0.15, 0.2) is 42.5 Å². The Kier molecular flexibility index (Phi) is 3.95. The summed E-state index contributed by atoms with van der Waals surface area (Å²) in [5.41, 5.74) is 1.39. The molecule has 0 saturated heterocycles. The van der Waals surface area contributed by atoms with Crippen molar-refractivity contribution < 1.29 is 13.9 Å². The quantitative estimate of drug-likeness (QED) is 0.780. The van der Waals surface area contributed by atoms with Gasteiger partial charge in [-0.1, -0.05) is 23.8 Å². The van der Waals surface area contributed by atoms with Gasteiger partial charge >= 0.3 is 0 Å². The zero-order valence-corrected chi connectivity index (χ0v) is 10.9. The van der Waals surface area contributed by atoms with Gasteiger partial charge in [0.25, 0.3) is 0 Å². The van der Waals surface area contributed by atoms with Crippen LogP contribution in [0.3, 0.4) is 0 Å². The second-order valence-electron chi connectivity index (χ2n) is 4.24. The summed E-state index contributed by atoms with van der Waals surface area (Å²) in [6, 6.07) is 11.3. The first-order chi connectivity index (χ1) is 9.13. The number of ether oxygens (including phenoxy) is 1. The standard InChI is InChI=1S/C16H15FO2/c1-3-19-15-9-8-11(2)10-13(15)16(18)12-6-4-5-7-14(12)17/h4-10H,3H2,1-2H3. The molecule has 98 valence electrons. The molecule has 2 aromatic rings. The third-order valence-corrected chi connectivity index (χ3v) is 2.80. The molecule has 0 atom stereocenters. The Labute approximate surface area is 111 Å². The van der Waals surface area contributed by atoms with Gasteiger partial charge < -0.3 is 4.74 Å². The van der Waals surface area contributed by atoms with Gasteiger partial charge in [-0.05, 0) is 38.1 Å². The van der Waals surface area contributed by atoms with E-state index in [0.717, 1.165) is 5.56 Å². The Morgan fingerprint density at radius 3 is 2.58 bits per heavy atom. The molecular weight excluding hydrogens is 243 g/mol. The van der Waals surface area contributed by atoms with Crippen LogP contribution in [0.1, 0.15) is 28.4 Å². The highest BCUT2D eigenvalue weighted by Gasteiger charge is 2.17. The van der Waals surface area contributed by atoms with Crippen LogP contribution in [0.2, 0.25) is 0 Å². The Bertz CT molecular complexity index is 605. The molecular formula is C16H15FO2. The summed E-state index contributed by atoms with van der Waals surface area (Å²) in [5.74, 6) is -0.386. The van der Waals surface area contributed by atoms with E-state index in [1.807, 2.05) is 19.9 Å². The summed E-state index contributed by atoms with van der Waals surface area (Å²) in [5, 5.41) is 0. The van der Waals surface area contributed by atoms with Crippen LogP contribution in [0, 0.1) is 12.7 Å². The van der Waals surface area contributed by atoms with E-state index in [0.29, 0.717) is 17.9 Å². The minimum atomic E-state index is -0.517. The van der Waals surface area contributed by atoms with Crippen LogP contribution in [0.25, 0.3) is 0 Å². The summed E-state index contributed by atoms with van der Waals surface area (Å²) in [7, 11) is 0. The fourth-order valence-electron chi connectivity index (χ4n) is 1.89. The normalized spacial score (nSPS) is 10.3. The molecule has 2 aromatic carbocycles. The monoisotopic (exact) mass is 258 g/mol. The molecule has 0 bridgehead atoms. The predicted octanol–water partition coefficient (Wildman–Crippen LogP) is 3.76. The first-order valence-electron chi connectivity index (χ1n) is 6.16. The first-order valence-corrected chi connectivity index (χ1v) is 6.16. The Morgan fingerprint density at radius 1 is 1.16 bits per heavy atom. The van der Waals surface area contributed by atoms with Crippen LogP contribution in [0.4, 0.5) is 4.39 Å². The third kappa shape index (κ3) is 2.81.